The highest BCUT2D eigenvalue weighted by Gasteiger charge is 2.34. The van der Waals surface area contributed by atoms with E-state index in [1.807, 2.05) is 97.9 Å². The van der Waals surface area contributed by atoms with E-state index in [2.05, 4.69) is 22.8 Å². The van der Waals surface area contributed by atoms with E-state index in [9.17, 15) is 4.79 Å². The molecule has 0 fully saturated rings. The van der Waals surface area contributed by atoms with Crippen LogP contribution in [-0.4, -0.2) is 34.4 Å². The van der Waals surface area contributed by atoms with Gasteiger partial charge in [-0.05, 0) is 53.9 Å². The van der Waals surface area contributed by atoms with Crippen LogP contribution in [0.15, 0.2) is 120 Å². The molecule has 2 N–H and O–H groups in total. The Kier molecular flexibility index (Phi) is 9.38. The number of fused-ring (bicyclic) bond motifs is 1. The maximum atomic E-state index is 14.0. The number of carbonyl (C=O) groups is 1. The summed E-state index contributed by atoms with van der Waals surface area (Å²) in [6.45, 7) is 2.43. The Hall–Kier alpha value is -4.73. The number of nitrogens with one attached hydrogen (secondary N) is 2. The third-order valence-electron chi connectivity index (χ3n) is 7.45. The first-order chi connectivity index (χ1) is 22.0. The van der Waals surface area contributed by atoms with Crippen molar-refractivity contribution in [1.82, 2.24) is 14.8 Å². The number of hydrogen-bond donors (Lipinski definition) is 2. The zero-order valence-electron chi connectivity index (χ0n) is 24.9. The van der Waals surface area contributed by atoms with Crippen molar-refractivity contribution in [3.8, 4) is 11.5 Å². The van der Waals surface area contributed by atoms with E-state index in [1.165, 1.54) is 17.3 Å². The average Bonchev–Trinajstić information content (AvgIpc) is 3.47. The van der Waals surface area contributed by atoms with Crippen molar-refractivity contribution in [1.29, 1.82) is 0 Å². The molecule has 1 amide bonds. The lowest BCUT2D eigenvalue weighted by Gasteiger charge is -2.29. The van der Waals surface area contributed by atoms with Gasteiger partial charge in [0.1, 0.15) is 17.5 Å². The maximum absolute atomic E-state index is 14.0. The molecule has 2 heterocycles. The number of aromatic nitrogens is 3. The number of allylic oxidation sites excluding steroid dienone is 1. The maximum Gasteiger partial charge on any atom is 0.255 e. The smallest absolute Gasteiger partial charge is 0.255 e. The van der Waals surface area contributed by atoms with Crippen LogP contribution in [0.5, 0.6) is 11.5 Å². The molecule has 10 heteroatoms. The molecule has 8 nitrogen and oxygen atoms in total. The van der Waals surface area contributed by atoms with Gasteiger partial charge in [0.2, 0.25) is 11.1 Å². The first kappa shape index (κ1) is 30.3. The summed E-state index contributed by atoms with van der Waals surface area (Å²) in [6, 6.07) is 32.5. The number of halogens is 1. The molecule has 0 bridgehead atoms. The lowest BCUT2D eigenvalue weighted by molar-refractivity contribution is -0.113. The summed E-state index contributed by atoms with van der Waals surface area (Å²) in [7, 11) is 1.58. The minimum Gasteiger partial charge on any atom is -0.495 e. The van der Waals surface area contributed by atoms with Crippen molar-refractivity contribution in [2.24, 2.45) is 0 Å². The van der Waals surface area contributed by atoms with Crippen LogP contribution in [0.1, 0.15) is 29.7 Å². The van der Waals surface area contributed by atoms with Crippen molar-refractivity contribution in [2.75, 3.05) is 24.4 Å². The molecule has 0 saturated carbocycles. The number of rotatable bonds is 11. The summed E-state index contributed by atoms with van der Waals surface area (Å²) < 4.78 is 13.3. The highest BCUT2D eigenvalue weighted by molar-refractivity contribution is 7.98. The Labute approximate surface area is 271 Å². The number of nitrogens with zero attached hydrogens (tertiary/aromatic N) is 3. The zero-order valence-corrected chi connectivity index (χ0v) is 26.4. The number of benzene rings is 4. The molecule has 0 radical (unpaired) electrons. The van der Waals surface area contributed by atoms with Gasteiger partial charge >= 0.3 is 0 Å². The Morgan fingerprint density at radius 3 is 2.49 bits per heavy atom. The third-order valence-corrected chi connectivity index (χ3v) is 8.70. The molecule has 1 aliphatic rings. The fraction of sp³-hybridized carbons (Fsp3) is 0.171. The number of thioether (sulfide) groups is 1. The number of ether oxygens (including phenoxy) is 2. The molecular weight excluding hydrogens is 606 g/mol. The minimum absolute atomic E-state index is 0.274. The number of anilines is 2. The molecule has 1 atom stereocenters. The van der Waals surface area contributed by atoms with Crippen LogP contribution in [0.2, 0.25) is 5.02 Å². The van der Waals surface area contributed by atoms with Crippen molar-refractivity contribution < 1.29 is 14.3 Å². The molecule has 0 saturated heterocycles. The summed E-state index contributed by atoms with van der Waals surface area (Å²) in [5, 5.41) is 12.5. The lowest BCUT2D eigenvalue weighted by atomic mass is 9.95. The molecule has 0 spiro atoms. The second kappa shape index (κ2) is 13.9. The highest BCUT2D eigenvalue weighted by Crippen LogP contribution is 2.38. The van der Waals surface area contributed by atoms with E-state index < -0.39 is 6.04 Å². The minimum atomic E-state index is -0.545. The second-order valence-corrected chi connectivity index (χ2v) is 11.8. The summed E-state index contributed by atoms with van der Waals surface area (Å²) in [5.74, 6) is 2.21. The number of methoxy groups -OCH3 is 1. The van der Waals surface area contributed by atoms with Gasteiger partial charge in [0.05, 0.1) is 25.0 Å². The van der Waals surface area contributed by atoms with Crippen LogP contribution in [0.4, 0.5) is 11.6 Å². The number of amides is 1. The van der Waals surface area contributed by atoms with E-state index in [4.69, 9.17) is 31.2 Å². The van der Waals surface area contributed by atoms with E-state index in [0.29, 0.717) is 51.2 Å². The normalized spacial score (nSPS) is 14.0. The molecule has 1 unspecified atom stereocenters. The largest absolute Gasteiger partial charge is 0.495 e. The van der Waals surface area contributed by atoms with E-state index in [1.54, 1.807) is 11.8 Å². The summed E-state index contributed by atoms with van der Waals surface area (Å²) in [5.41, 5.74) is 4.85. The van der Waals surface area contributed by atoms with Crippen molar-refractivity contribution in [2.45, 2.75) is 30.3 Å². The Bertz CT molecular complexity index is 1830. The van der Waals surface area contributed by atoms with Crippen LogP contribution in [0.3, 0.4) is 0 Å². The molecular formula is C35H32ClN5O3S. The van der Waals surface area contributed by atoms with E-state index in [0.717, 1.165) is 23.3 Å². The number of para-hydroxylation sites is 2. The van der Waals surface area contributed by atoms with Gasteiger partial charge in [0.15, 0.2) is 0 Å². The average molecular weight is 638 g/mol. The quantitative estimate of drug-likeness (QED) is 0.143. The Morgan fingerprint density at radius 2 is 1.71 bits per heavy atom. The van der Waals surface area contributed by atoms with Gasteiger partial charge in [-0.3, -0.25) is 4.79 Å². The monoisotopic (exact) mass is 637 g/mol. The highest BCUT2D eigenvalue weighted by atomic mass is 35.5. The first-order valence-electron chi connectivity index (χ1n) is 14.5. The van der Waals surface area contributed by atoms with Gasteiger partial charge in [-0.1, -0.05) is 96.2 Å². The fourth-order valence-electron chi connectivity index (χ4n) is 5.17. The summed E-state index contributed by atoms with van der Waals surface area (Å²) in [4.78, 5) is 18.7. The van der Waals surface area contributed by atoms with Crippen LogP contribution in [0, 0.1) is 0 Å². The predicted octanol–water partition coefficient (Wildman–Crippen LogP) is 7.78. The lowest BCUT2D eigenvalue weighted by Crippen LogP contribution is -2.31. The summed E-state index contributed by atoms with van der Waals surface area (Å²) >= 11 is 7.87. The van der Waals surface area contributed by atoms with Gasteiger partial charge in [-0.2, -0.15) is 4.98 Å². The fourth-order valence-corrected chi connectivity index (χ4v) is 6.28. The topological polar surface area (TPSA) is 90.3 Å². The number of carbonyl (C=O) groups excluding carboxylic acids is 1. The molecule has 0 aliphatic carbocycles. The standard InChI is InChI=1S/C35H32ClN5O3S/c1-23-31(33(42)38-29-14-8-9-15-30(29)43-2)32(25-16-18-27(19-17-25)44-21-20-24-10-4-3-5-11-24)41-34(37-23)39-35(40-41)45-22-26-12-6-7-13-28(26)36/h3-19,32H,20-22H2,1-2H3,(H,38,42)(H,37,39,40). The van der Waals surface area contributed by atoms with Crippen molar-refractivity contribution >= 4 is 40.9 Å². The number of hydrogen-bond acceptors (Lipinski definition) is 7. The van der Waals surface area contributed by atoms with Crippen LogP contribution in [0.25, 0.3) is 0 Å². The summed E-state index contributed by atoms with van der Waals surface area (Å²) in [6.07, 6.45) is 0.809. The molecule has 6 rings (SSSR count). The van der Waals surface area contributed by atoms with Crippen molar-refractivity contribution in [3.05, 3.63) is 136 Å². The molecule has 1 aliphatic heterocycles. The van der Waals surface area contributed by atoms with Crippen LogP contribution >= 0.6 is 23.4 Å². The van der Waals surface area contributed by atoms with Gasteiger partial charge in [-0.15, -0.1) is 5.10 Å². The van der Waals surface area contributed by atoms with Gasteiger partial charge < -0.3 is 20.1 Å². The predicted molar refractivity (Wildman–Crippen MR) is 179 cm³/mol. The molecule has 4 aromatic carbocycles. The molecule has 5 aromatic rings. The molecule has 45 heavy (non-hydrogen) atoms. The van der Waals surface area contributed by atoms with Crippen molar-refractivity contribution in [3.63, 3.8) is 0 Å². The third kappa shape index (κ3) is 7.00. The van der Waals surface area contributed by atoms with Crippen LogP contribution < -0.4 is 20.1 Å². The van der Waals surface area contributed by atoms with Crippen LogP contribution in [-0.2, 0) is 17.0 Å². The van der Waals surface area contributed by atoms with E-state index >= 15 is 0 Å². The molecule has 228 valence electrons. The Morgan fingerprint density at radius 1 is 0.978 bits per heavy atom. The Balaban J connectivity index is 1.28. The van der Waals surface area contributed by atoms with Gasteiger partial charge in [0.25, 0.3) is 5.91 Å². The molecule has 1 aromatic heterocycles. The second-order valence-electron chi connectivity index (χ2n) is 10.4. The zero-order chi connectivity index (χ0) is 31.2. The van der Waals surface area contributed by atoms with E-state index in [-0.39, 0.29) is 5.91 Å². The van der Waals surface area contributed by atoms with Gasteiger partial charge in [0, 0.05) is 22.9 Å². The van der Waals surface area contributed by atoms with Gasteiger partial charge in [-0.25, -0.2) is 4.68 Å². The SMILES string of the molecule is COc1ccccc1NC(=O)C1=C(C)Nc2nc(SCc3ccccc3Cl)nn2C1c1ccc(OCCc2ccccc2)cc1. The first-order valence-corrected chi connectivity index (χ1v) is 15.9.